The highest BCUT2D eigenvalue weighted by atomic mass is 32.2. The van der Waals surface area contributed by atoms with E-state index in [1.807, 2.05) is 22.8 Å². The molecule has 0 saturated heterocycles. The smallest absolute Gasteiger partial charge is 0.260 e. The molecule has 1 atom stereocenters. The molecule has 3 N–H and O–H groups in total. The summed E-state index contributed by atoms with van der Waals surface area (Å²) in [4.78, 5) is 4.35. The summed E-state index contributed by atoms with van der Waals surface area (Å²) in [5.74, 6) is 0.874. The molecule has 0 bridgehead atoms. The van der Waals surface area contributed by atoms with Crippen molar-refractivity contribution in [2.75, 3.05) is 5.73 Å². The van der Waals surface area contributed by atoms with Gasteiger partial charge in [-0.3, -0.25) is 0 Å². The Labute approximate surface area is 142 Å². The van der Waals surface area contributed by atoms with Crippen molar-refractivity contribution < 1.29 is 8.42 Å². The fourth-order valence-corrected chi connectivity index (χ4v) is 4.95. The van der Waals surface area contributed by atoms with Gasteiger partial charge in [-0.1, -0.05) is 6.07 Å². The summed E-state index contributed by atoms with van der Waals surface area (Å²) in [5, 5.41) is 0.141. The van der Waals surface area contributed by atoms with Gasteiger partial charge in [-0.15, -0.1) is 0 Å². The molecule has 4 rings (SSSR count). The van der Waals surface area contributed by atoms with Crippen LogP contribution in [0.25, 0.3) is 0 Å². The minimum Gasteiger partial charge on any atom is -0.399 e. The number of nitrogens with one attached hydrogen (secondary N) is 1. The lowest BCUT2D eigenvalue weighted by molar-refractivity contribution is 0.506. The molecule has 2 heterocycles. The number of nitrogens with two attached hydrogens (primary N) is 1. The van der Waals surface area contributed by atoms with Gasteiger partial charge < -0.3 is 10.3 Å². The molecule has 1 aromatic carbocycles. The van der Waals surface area contributed by atoms with Crippen molar-refractivity contribution in [3.05, 3.63) is 41.3 Å². The fraction of sp³-hybridized carbons (Fsp3) is 0.471. The molecular formula is C17H22N4O2S. The van der Waals surface area contributed by atoms with Crippen LogP contribution in [0.2, 0.25) is 0 Å². The van der Waals surface area contributed by atoms with Crippen LogP contribution in [0.15, 0.2) is 29.4 Å². The van der Waals surface area contributed by atoms with E-state index in [2.05, 4.69) is 9.71 Å². The lowest BCUT2D eigenvalue weighted by Gasteiger charge is -2.26. The SMILES string of the molecule is Nc1ccc2c(c1)CCCC2NS(=O)(=O)c1cn2c(n1)CCCC2. The van der Waals surface area contributed by atoms with E-state index >= 15 is 0 Å². The van der Waals surface area contributed by atoms with Crippen LogP contribution >= 0.6 is 0 Å². The van der Waals surface area contributed by atoms with Crippen molar-refractivity contribution >= 4 is 15.7 Å². The van der Waals surface area contributed by atoms with Crippen LogP contribution in [-0.2, 0) is 29.4 Å². The van der Waals surface area contributed by atoms with Gasteiger partial charge in [0.1, 0.15) is 5.82 Å². The fourth-order valence-electron chi connectivity index (χ4n) is 3.72. The van der Waals surface area contributed by atoms with Gasteiger partial charge in [-0.2, -0.15) is 0 Å². The van der Waals surface area contributed by atoms with Crippen molar-refractivity contribution in [1.82, 2.24) is 14.3 Å². The molecule has 7 heteroatoms. The normalized spacial score (nSPS) is 20.4. The summed E-state index contributed by atoms with van der Waals surface area (Å²) >= 11 is 0. The minimum atomic E-state index is -3.62. The number of aromatic nitrogens is 2. The van der Waals surface area contributed by atoms with Crippen molar-refractivity contribution in [2.24, 2.45) is 0 Å². The first-order chi connectivity index (χ1) is 11.5. The van der Waals surface area contributed by atoms with Crippen LogP contribution in [-0.4, -0.2) is 18.0 Å². The molecular weight excluding hydrogens is 324 g/mol. The number of hydrogen-bond acceptors (Lipinski definition) is 4. The zero-order chi connectivity index (χ0) is 16.7. The third-order valence-corrected chi connectivity index (χ3v) is 6.28. The second kappa shape index (κ2) is 5.89. The van der Waals surface area contributed by atoms with Gasteiger partial charge in [0.15, 0.2) is 5.03 Å². The molecule has 1 aliphatic carbocycles. The summed E-state index contributed by atoms with van der Waals surface area (Å²) in [7, 11) is -3.62. The number of hydrogen-bond donors (Lipinski definition) is 2. The first-order valence-electron chi connectivity index (χ1n) is 8.49. The number of nitrogens with zero attached hydrogens (tertiary/aromatic N) is 2. The standard InChI is InChI=1S/C17H22N4O2S/c18-13-7-8-14-12(10-13)4-3-5-15(14)20-24(22,23)17-11-21-9-2-1-6-16(21)19-17/h7-8,10-11,15,20H,1-6,9,18H2. The average Bonchev–Trinajstić information content (AvgIpc) is 2.99. The molecule has 0 radical (unpaired) electrons. The topological polar surface area (TPSA) is 90.0 Å². The van der Waals surface area contributed by atoms with E-state index in [1.54, 1.807) is 6.20 Å². The Bertz CT molecular complexity index is 849. The highest BCUT2D eigenvalue weighted by molar-refractivity contribution is 7.89. The van der Waals surface area contributed by atoms with Crippen LogP contribution in [0.4, 0.5) is 5.69 Å². The van der Waals surface area contributed by atoms with Gasteiger partial charge >= 0.3 is 0 Å². The summed E-state index contributed by atoms with van der Waals surface area (Å²) in [6, 6.07) is 5.51. The largest absolute Gasteiger partial charge is 0.399 e. The Morgan fingerprint density at radius 2 is 2.08 bits per heavy atom. The number of sulfonamides is 1. The molecule has 0 fully saturated rings. The van der Waals surface area contributed by atoms with E-state index in [1.165, 1.54) is 0 Å². The monoisotopic (exact) mass is 346 g/mol. The van der Waals surface area contributed by atoms with E-state index in [0.29, 0.717) is 0 Å². The van der Waals surface area contributed by atoms with E-state index in [0.717, 1.165) is 67.7 Å². The summed E-state index contributed by atoms with van der Waals surface area (Å²) in [6.45, 7) is 0.851. The molecule has 24 heavy (non-hydrogen) atoms. The number of anilines is 1. The summed E-state index contributed by atoms with van der Waals surface area (Å²) in [5.41, 5.74) is 8.74. The van der Waals surface area contributed by atoms with Crippen molar-refractivity contribution in [2.45, 2.75) is 56.1 Å². The molecule has 0 amide bonds. The van der Waals surface area contributed by atoms with Crippen LogP contribution in [0.5, 0.6) is 0 Å². The zero-order valence-electron chi connectivity index (χ0n) is 13.5. The van der Waals surface area contributed by atoms with Gasteiger partial charge in [0.2, 0.25) is 0 Å². The highest BCUT2D eigenvalue weighted by Gasteiger charge is 2.28. The van der Waals surface area contributed by atoms with Gasteiger partial charge in [-0.05, 0) is 55.4 Å². The van der Waals surface area contributed by atoms with E-state index < -0.39 is 10.0 Å². The Morgan fingerprint density at radius 1 is 1.21 bits per heavy atom. The van der Waals surface area contributed by atoms with Crippen LogP contribution in [0, 0.1) is 0 Å². The van der Waals surface area contributed by atoms with Crippen molar-refractivity contribution in [3.8, 4) is 0 Å². The number of rotatable bonds is 3. The van der Waals surface area contributed by atoms with E-state index in [4.69, 9.17) is 5.73 Å². The van der Waals surface area contributed by atoms with Gasteiger partial charge in [-0.25, -0.2) is 18.1 Å². The maximum atomic E-state index is 12.8. The highest BCUT2D eigenvalue weighted by Crippen LogP contribution is 2.32. The second-order valence-corrected chi connectivity index (χ2v) is 8.33. The Kier molecular flexibility index (Phi) is 3.85. The lowest BCUT2D eigenvalue weighted by Crippen LogP contribution is -2.31. The van der Waals surface area contributed by atoms with Crippen molar-refractivity contribution in [3.63, 3.8) is 0 Å². The predicted molar refractivity (Wildman–Crippen MR) is 92.0 cm³/mol. The van der Waals surface area contributed by atoms with Crippen LogP contribution < -0.4 is 10.5 Å². The maximum absolute atomic E-state index is 12.8. The third kappa shape index (κ3) is 2.82. The molecule has 1 aromatic heterocycles. The average molecular weight is 346 g/mol. The van der Waals surface area contributed by atoms with E-state index in [9.17, 15) is 8.42 Å². The van der Waals surface area contributed by atoms with Gasteiger partial charge in [0.25, 0.3) is 10.0 Å². The molecule has 0 saturated carbocycles. The summed E-state index contributed by atoms with van der Waals surface area (Å²) in [6.07, 6.45) is 7.35. The predicted octanol–water partition coefficient (Wildman–Crippen LogP) is 2.16. The second-order valence-electron chi connectivity index (χ2n) is 6.67. The number of nitrogen functional groups attached to an aromatic ring is 1. The van der Waals surface area contributed by atoms with Gasteiger partial charge in [0, 0.05) is 30.9 Å². The van der Waals surface area contributed by atoms with E-state index in [-0.39, 0.29) is 11.1 Å². The molecule has 2 aromatic rings. The summed E-state index contributed by atoms with van der Waals surface area (Å²) < 4.78 is 30.4. The molecule has 1 unspecified atom stereocenters. The Balaban J connectivity index is 1.62. The van der Waals surface area contributed by atoms with Crippen LogP contribution in [0.3, 0.4) is 0 Å². The third-order valence-electron chi connectivity index (χ3n) is 4.94. The molecule has 1 aliphatic heterocycles. The molecule has 2 aliphatic rings. The number of benzene rings is 1. The van der Waals surface area contributed by atoms with Gasteiger partial charge in [0.05, 0.1) is 0 Å². The minimum absolute atomic E-state index is 0.141. The lowest BCUT2D eigenvalue weighted by atomic mass is 9.88. The first kappa shape index (κ1) is 15.7. The van der Waals surface area contributed by atoms with Crippen LogP contribution in [0.1, 0.15) is 48.7 Å². The Morgan fingerprint density at radius 3 is 2.92 bits per heavy atom. The quantitative estimate of drug-likeness (QED) is 0.833. The maximum Gasteiger partial charge on any atom is 0.260 e. The number of fused-ring (bicyclic) bond motifs is 2. The number of imidazole rings is 1. The van der Waals surface area contributed by atoms with Crippen molar-refractivity contribution in [1.29, 1.82) is 0 Å². The number of aryl methyl sites for hydroxylation is 3. The molecule has 0 spiro atoms. The Hall–Kier alpha value is -1.86. The zero-order valence-corrected chi connectivity index (χ0v) is 14.3. The first-order valence-corrected chi connectivity index (χ1v) is 9.98. The molecule has 128 valence electrons. The molecule has 6 nitrogen and oxygen atoms in total.